The Labute approximate surface area is 95.2 Å². The van der Waals surface area contributed by atoms with Crippen molar-refractivity contribution in [3.05, 3.63) is 0 Å². The molecule has 90 valence electrons. The third kappa shape index (κ3) is 4.52. The fourth-order valence-electron chi connectivity index (χ4n) is 2.58. The zero-order valence-corrected chi connectivity index (χ0v) is 10.5. The van der Waals surface area contributed by atoms with Gasteiger partial charge in [0, 0.05) is 6.04 Å². The van der Waals surface area contributed by atoms with Gasteiger partial charge in [-0.05, 0) is 51.2 Å². The molecule has 0 saturated heterocycles. The molecule has 2 N–H and O–H groups in total. The lowest BCUT2D eigenvalue weighted by Crippen LogP contribution is -2.31. The van der Waals surface area contributed by atoms with Gasteiger partial charge in [0.05, 0.1) is 0 Å². The van der Waals surface area contributed by atoms with E-state index in [0.717, 1.165) is 5.92 Å². The summed E-state index contributed by atoms with van der Waals surface area (Å²) in [5.74, 6) is 0.806. The highest BCUT2D eigenvalue weighted by molar-refractivity contribution is 4.80. The number of hydrogen-bond acceptors (Lipinski definition) is 2. The van der Waals surface area contributed by atoms with E-state index < -0.39 is 0 Å². The van der Waals surface area contributed by atoms with Crippen molar-refractivity contribution < 1.29 is 0 Å². The maximum atomic E-state index is 6.09. The minimum Gasteiger partial charge on any atom is -0.327 e. The summed E-state index contributed by atoms with van der Waals surface area (Å²) < 4.78 is 0. The van der Waals surface area contributed by atoms with Crippen LogP contribution in [0.4, 0.5) is 0 Å². The minimum atomic E-state index is 0.495. The fourth-order valence-corrected chi connectivity index (χ4v) is 2.58. The Morgan fingerprint density at radius 2 is 2.00 bits per heavy atom. The molecule has 0 heterocycles. The van der Waals surface area contributed by atoms with Crippen LogP contribution in [-0.4, -0.2) is 30.6 Å². The van der Waals surface area contributed by atoms with Crippen molar-refractivity contribution in [1.29, 1.82) is 0 Å². The van der Waals surface area contributed by atoms with Crippen molar-refractivity contribution in [2.45, 2.75) is 58.4 Å². The van der Waals surface area contributed by atoms with Crippen molar-refractivity contribution in [1.82, 2.24) is 4.90 Å². The Morgan fingerprint density at radius 1 is 1.20 bits per heavy atom. The van der Waals surface area contributed by atoms with Gasteiger partial charge in [-0.1, -0.05) is 26.7 Å². The van der Waals surface area contributed by atoms with Crippen LogP contribution in [0.2, 0.25) is 0 Å². The quantitative estimate of drug-likeness (QED) is 0.703. The first-order chi connectivity index (χ1) is 7.27. The predicted octanol–water partition coefficient (Wildman–Crippen LogP) is 2.63. The monoisotopic (exact) mass is 212 g/mol. The van der Waals surface area contributed by atoms with Gasteiger partial charge in [0.2, 0.25) is 0 Å². The molecule has 15 heavy (non-hydrogen) atoms. The van der Waals surface area contributed by atoms with E-state index in [1.807, 2.05) is 0 Å². The molecule has 2 unspecified atom stereocenters. The maximum Gasteiger partial charge on any atom is 0.00676 e. The van der Waals surface area contributed by atoms with E-state index >= 15 is 0 Å². The average molecular weight is 212 g/mol. The number of unbranched alkanes of at least 4 members (excludes halogenated alkanes) is 1. The van der Waals surface area contributed by atoms with E-state index in [-0.39, 0.29) is 0 Å². The molecule has 1 aliphatic rings. The van der Waals surface area contributed by atoms with Crippen molar-refractivity contribution in [3.63, 3.8) is 0 Å². The molecule has 0 aromatic rings. The van der Waals surface area contributed by atoms with Gasteiger partial charge in [0.1, 0.15) is 0 Å². The Kier molecular flexibility index (Phi) is 6.26. The van der Waals surface area contributed by atoms with E-state index in [9.17, 15) is 0 Å². The lowest BCUT2D eigenvalue weighted by Gasteiger charge is -2.23. The molecule has 0 aliphatic heterocycles. The molecule has 1 fully saturated rings. The summed E-state index contributed by atoms with van der Waals surface area (Å²) in [7, 11) is 0. The van der Waals surface area contributed by atoms with Crippen LogP contribution >= 0.6 is 0 Å². The SMILES string of the molecule is CCCCN(CC)CCC1CCCC1N. The Hall–Kier alpha value is -0.0800. The number of nitrogens with zero attached hydrogens (tertiary/aromatic N) is 1. The molecule has 1 saturated carbocycles. The first-order valence-electron chi connectivity index (χ1n) is 6.75. The molecule has 0 spiro atoms. The molecule has 2 nitrogen and oxygen atoms in total. The Morgan fingerprint density at radius 3 is 2.53 bits per heavy atom. The summed E-state index contributed by atoms with van der Waals surface area (Å²) in [5, 5.41) is 0. The summed E-state index contributed by atoms with van der Waals surface area (Å²) in [5.41, 5.74) is 6.09. The molecule has 0 aromatic carbocycles. The normalized spacial score (nSPS) is 26.4. The zero-order valence-electron chi connectivity index (χ0n) is 10.5. The second kappa shape index (κ2) is 7.24. The van der Waals surface area contributed by atoms with Gasteiger partial charge in [-0.2, -0.15) is 0 Å². The zero-order chi connectivity index (χ0) is 11.1. The van der Waals surface area contributed by atoms with Gasteiger partial charge >= 0.3 is 0 Å². The molecule has 2 atom stereocenters. The summed E-state index contributed by atoms with van der Waals surface area (Å²) in [6, 6.07) is 0.495. The molecule has 0 radical (unpaired) electrons. The molecule has 0 amide bonds. The van der Waals surface area contributed by atoms with E-state index in [4.69, 9.17) is 5.73 Å². The summed E-state index contributed by atoms with van der Waals surface area (Å²) in [4.78, 5) is 2.58. The third-order valence-corrected chi connectivity index (χ3v) is 3.81. The van der Waals surface area contributed by atoms with Gasteiger partial charge in [0.25, 0.3) is 0 Å². The highest BCUT2D eigenvalue weighted by atomic mass is 15.1. The largest absolute Gasteiger partial charge is 0.327 e. The third-order valence-electron chi connectivity index (χ3n) is 3.81. The number of nitrogens with two attached hydrogens (primary N) is 1. The number of rotatable bonds is 7. The minimum absolute atomic E-state index is 0.495. The van der Waals surface area contributed by atoms with E-state index in [1.54, 1.807) is 0 Å². The second-order valence-electron chi connectivity index (χ2n) is 4.93. The van der Waals surface area contributed by atoms with Crippen LogP contribution in [0.5, 0.6) is 0 Å². The molecular weight excluding hydrogens is 184 g/mol. The van der Waals surface area contributed by atoms with E-state index in [0.29, 0.717) is 6.04 Å². The lowest BCUT2D eigenvalue weighted by atomic mass is 10.00. The van der Waals surface area contributed by atoms with Crippen LogP contribution in [0.15, 0.2) is 0 Å². The van der Waals surface area contributed by atoms with Crippen LogP contribution < -0.4 is 5.73 Å². The molecular formula is C13H28N2. The lowest BCUT2D eigenvalue weighted by molar-refractivity contribution is 0.254. The standard InChI is InChI=1S/C13H28N2/c1-3-5-10-15(4-2)11-9-12-7-6-8-13(12)14/h12-13H,3-11,14H2,1-2H3. The van der Waals surface area contributed by atoms with Crippen LogP contribution in [0.3, 0.4) is 0 Å². The van der Waals surface area contributed by atoms with Gasteiger partial charge in [-0.3, -0.25) is 0 Å². The topological polar surface area (TPSA) is 29.3 Å². The molecule has 1 rings (SSSR count). The second-order valence-corrected chi connectivity index (χ2v) is 4.93. The van der Waals surface area contributed by atoms with Gasteiger partial charge in [0.15, 0.2) is 0 Å². The smallest absolute Gasteiger partial charge is 0.00676 e. The fraction of sp³-hybridized carbons (Fsp3) is 1.00. The Balaban J connectivity index is 2.15. The van der Waals surface area contributed by atoms with Crippen LogP contribution in [0.25, 0.3) is 0 Å². The molecule has 2 heteroatoms. The molecule has 0 bridgehead atoms. The van der Waals surface area contributed by atoms with E-state index in [1.165, 1.54) is 58.2 Å². The summed E-state index contributed by atoms with van der Waals surface area (Å²) >= 11 is 0. The highest BCUT2D eigenvalue weighted by Crippen LogP contribution is 2.26. The molecule has 0 aromatic heterocycles. The maximum absolute atomic E-state index is 6.09. The Bertz CT molecular complexity index is 159. The van der Waals surface area contributed by atoms with Crippen molar-refractivity contribution >= 4 is 0 Å². The van der Waals surface area contributed by atoms with Crippen molar-refractivity contribution in [2.24, 2.45) is 11.7 Å². The molecule has 1 aliphatic carbocycles. The first-order valence-corrected chi connectivity index (χ1v) is 6.75. The average Bonchev–Trinajstić information content (AvgIpc) is 2.65. The summed E-state index contributed by atoms with van der Waals surface area (Å²) in [6.45, 7) is 8.26. The van der Waals surface area contributed by atoms with Gasteiger partial charge in [-0.25, -0.2) is 0 Å². The first kappa shape index (κ1) is 13.0. The van der Waals surface area contributed by atoms with Crippen molar-refractivity contribution in [2.75, 3.05) is 19.6 Å². The summed E-state index contributed by atoms with van der Waals surface area (Å²) in [6.07, 6.45) is 7.94. The van der Waals surface area contributed by atoms with E-state index in [2.05, 4.69) is 18.7 Å². The van der Waals surface area contributed by atoms with Crippen LogP contribution in [0.1, 0.15) is 52.4 Å². The predicted molar refractivity (Wildman–Crippen MR) is 67.0 cm³/mol. The number of hydrogen-bond donors (Lipinski definition) is 1. The van der Waals surface area contributed by atoms with Gasteiger partial charge < -0.3 is 10.6 Å². The van der Waals surface area contributed by atoms with Crippen LogP contribution in [-0.2, 0) is 0 Å². The van der Waals surface area contributed by atoms with Gasteiger partial charge in [-0.15, -0.1) is 0 Å². The van der Waals surface area contributed by atoms with Crippen molar-refractivity contribution in [3.8, 4) is 0 Å². The highest BCUT2D eigenvalue weighted by Gasteiger charge is 2.23. The van der Waals surface area contributed by atoms with Crippen LogP contribution in [0, 0.1) is 5.92 Å².